The molecule has 0 N–H and O–H groups in total. The van der Waals surface area contributed by atoms with Gasteiger partial charge in [-0.25, -0.2) is 0 Å². The molecule has 0 radical (unpaired) electrons. The summed E-state index contributed by atoms with van der Waals surface area (Å²) in [6, 6.07) is 12.4. The van der Waals surface area contributed by atoms with Crippen molar-refractivity contribution >= 4 is 45.1 Å². The molecule has 0 fully saturated rings. The highest BCUT2D eigenvalue weighted by atomic mass is 35.5. The largest absolute Gasteiger partial charge is 0.449 e. The summed E-state index contributed by atoms with van der Waals surface area (Å²) in [4.78, 5) is 0. The lowest BCUT2D eigenvalue weighted by Gasteiger charge is -2.03. The van der Waals surface area contributed by atoms with E-state index in [1.807, 2.05) is 30.0 Å². The summed E-state index contributed by atoms with van der Waals surface area (Å²) in [7, 11) is 0. The molecule has 0 aliphatic rings. The first-order valence-electron chi connectivity index (χ1n) is 12.5. The third-order valence-electron chi connectivity index (χ3n) is 6.19. The number of rotatable bonds is 16. The van der Waals surface area contributed by atoms with Crippen LogP contribution in [0.2, 0.25) is 5.02 Å². The molecule has 170 valence electrons. The topological polar surface area (TPSA) is 13.1 Å². The fraction of sp³-hybridized carbons (Fsp3) is 0.571. The Balaban J connectivity index is 1.23. The minimum absolute atomic E-state index is 0.799. The Bertz CT molecular complexity index is 901. The second-order valence-corrected chi connectivity index (χ2v) is 10.3. The van der Waals surface area contributed by atoms with Crippen molar-refractivity contribution < 1.29 is 4.42 Å². The molecule has 0 unspecified atom stereocenters. The predicted octanol–water partition coefficient (Wildman–Crippen LogP) is 10.8. The Morgan fingerprint density at radius 1 is 0.710 bits per heavy atom. The highest BCUT2D eigenvalue weighted by molar-refractivity contribution is 7.99. The molecule has 31 heavy (non-hydrogen) atoms. The van der Waals surface area contributed by atoms with Gasteiger partial charge in [-0.1, -0.05) is 138 Å². The number of thioether (sulfide) groups is 1. The van der Waals surface area contributed by atoms with Gasteiger partial charge in [0.05, 0.1) is 0 Å². The molecule has 3 rings (SSSR count). The van der Waals surface area contributed by atoms with Crippen LogP contribution in [-0.4, -0.2) is 5.75 Å². The van der Waals surface area contributed by atoms with Crippen LogP contribution in [0.4, 0.5) is 0 Å². The van der Waals surface area contributed by atoms with Crippen LogP contribution in [0.5, 0.6) is 0 Å². The van der Waals surface area contributed by atoms with E-state index in [2.05, 4.69) is 25.1 Å². The monoisotopic (exact) mass is 458 g/mol. The second-order valence-electron chi connectivity index (χ2n) is 8.83. The molecule has 1 heterocycles. The lowest BCUT2D eigenvalue weighted by Crippen LogP contribution is -1.84. The summed E-state index contributed by atoms with van der Waals surface area (Å²) in [6.45, 7) is 2.29. The van der Waals surface area contributed by atoms with E-state index in [-0.39, 0.29) is 0 Å². The van der Waals surface area contributed by atoms with E-state index in [0.29, 0.717) is 0 Å². The Kier molecular flexibility index (Phi) is 11.2. The molecule has 3 heteroatoms. The zero-order valence-electron chi connectivity index (χ0n) is 19.3. The van der Waals surface area contributed by atoms with Crippen LogP contribution in [0.25, 0.3) is 21.7 Å². The second kappa shape index (κ2) is 14.1. The van der Waals surface area contributed by atoms with Gasteiger partial charge >= 0.3 is 0 Å². The first-order valence-corrected chi connectivity index (χ1v) is 13.9. The minimum atomic E-state index is 0.799. The Morgan fingerprint density at radius 3 is 1.87 bits per heavy atom. The number of hydrogen-bond acceptors (Lipinski definition) is 2. The molecule has 0 saturated carbocycles. The summed E-state index contributed by atoms with van der Waals surface area (Å²) in [5.41, 5.74) is 0.962. The van der Waals surface area contributed by atoms with Crippen molar-refractivity contribution in [2.75, 3.05) is 5.75 Å². The third kappa shape index (κ3) is 8.06. The van der Waals surface area contributed by atoms with E-state index in [1.165, 1.54) is 89.9 Å². The normalized spacial score (nSPS) is 11.7. The average molecular weight is 459 g/mol. The maximum absolute atomic E-state index is 6.44. The predicted molar refractivity (Wildman–Crippen MR) is 140 cm³/mol. The van der Waals surface area contributed by atoms with Gasteiger partial charge < -0.3 is 4.42 Å². The third-order valence-corrected chi connectivity index (χ3v) is 7.48. The average Bonchev–Trinajstić information content (AvgIpc) is 3.19. The standard InChI is InChI=1S/C28H39ClOS/c1-2-3-4-5-6-7-8-9-10-11-12-13-14-17-20-31-27-22-23-21-26(29)24-18-15-16-19-25(24)28(23)30-27/h15-16,18-19,21-22H,2-14,17,20H2,1H3. The molecule has 0 spiro atoms. The fourth-order valence-corrected chi connectivity index (χ4v) is 5.53. The van der Waals surface area contributed by atoms with Crippen LogP contribution < -0.4 is 0 Å². The van der Waals surface area contributed by atoms with Crippen LogP contribution in [0.15, 0.2) is 45.9 Å². The van der Waals surface area contributed by atoms with Crippen molar-refractivity contribution in [2.45, 2.75) is 102 Å². The molecule has 0 aliphatic carbocycles. The lowest BCUT2D eigenvalue weighted by molar-refractivity contribution is 0.517. The number of benzene rings is 2. The quantitative estimate of drug-likeness (QED) is 0.156. The van der Waals surface area contributed by atoms with Crippen LogP contribution in [-0.2, 0) is 0 Å². The van der Waals surface area contributed by atoms with E-state index in [0.717, 1.165) is 37.6 Å². The van der Waals surface area contributed by atoms with E-state index in [1.54, 1.807) is 0 Å². The van der Waals surface area contributed by atoms with Gasteiger partial charge in [0.25, 0.3) is 0 Å². The molecular weight excluding hydrogens is 420 g/mol. The van der Waals surface area contributed by atoms with E-state index in [4.69, 9.17) is 16.0 Å². The van der Waals surface area contributed by atoms with Crippen LogP contribution in [0.3, 0.4) is 0 Å². The van der Waals surface area contributed by atoms with Crippen molar-refractivity contribution in [3.63, 3.8) is 0 Å². The summed E-state index contributed by atoms with van der Waals surface area (Å²) < 4.78 is 6.16. The molecule has 0 amide bonds. The smallest absolute Gasteiger partial charge is 0.161 e. The minimum Gasteiger partial charge on any atom is -0.449 e. The fourth-order valence-electron chi connectivity index (χ4n) is 4.34. The zero-order valence-corrected chi connectivity index (χ0v) is 20.8. The SMILES string of the molecule is CCCCCCCCCCCCCCCCSc1cc2cc(Cl)c3ccccc3c2o1. The van der Waals surface area contributed by atoms with Gasteiger partial charge in [-0.15, -0.1) is 0 Å². The lowest BCUT2D eigenvalue weighted by atomic mass is 10.0. The summed E-state index contributed by atoms with van der Waals surface area (Å²) in [5.74, 6) is 1.13. The van der Waals surface area contributed by atoms with Gasteiger partial charge in [0.15, 0.2) is 5.09 Å². The molecule has 0 atom stereocenters. The molecular formula is C28H39ClOS. The van der Waals surface area contributed by atoms with Gasteiger partial charge in [-0.2, -0.15) is 0 Å². The molecule has 2 aromatic carbocycles. The van der Waals surface area contributed by atoms with Crippen LogP contribution in [0.1, 0.15) is 96.8 Å². The van der Waals surface area contributed by atoms with Gasteiger partial charge in [-0.05, 0) is 18.6 Å². The van der Waals surface area contributed by atoms with E-state index < -0.39 is 0 Å². The number of halogens is 1. The Labute approximate surface area is 198 Å². The molecule has 0 saturated heterocycles. The van der Waals surface area contributed by atoms with Crippen LogP contribution >= 0.6 is 23.4 Å². The first-order chi connectivity index (χ1) is 15.3. The molecule has 0 bridgehead atoms. The molecule has 0 aliphatic heterocycles. The highest BCUT2D eigenvalue weighted by Crippen LogP contribution is 2.36. The maximum Gasteiger partial charge on any atom is 0.161 e. The first kappa shape index (κ1) is 24.5. The van der Waals surface area contributed by atoms with Crippen molar-refractivity contribution in [3.05, 3.63) is 41.4 Å². The van der Waals surface area contributed by atoms with Gasteiger partial charge in [0.1, 0.15) is 5.58 Å². The number of unbranched alkanes of at least 4 members (excludes halogenated alkanes) is 13. The maximum atomic E-state index is 6.44. The van der Waals surface area contributed by atoms with Crippen molar-refractivity contribution in [1.82, 2.24) is 0 Å². The number of fused-ring (bicyclic) bond motifs is 3. The van der Waals surface area contributed by atoms with Gasteiger partial charge in [0, 0.05) is 26.9 Å². The molecule has 3 aromatic rings. The number of hydrogen-bond donors (Lipinski definition) is 0. The molecule has 1 nitrogen and oxygen atoms in total. The zero-order chi connectivity index (χ0) is 21.7. The molecule has 1 aromatic heterocycles. The van der Waals surface area contributed by atoms with E-state index in [9.17, 15) is 0 Å². The Hall–Kier alpha value is -1.12. The summed E-state index contributed by atoms with van der Waals surface area (Å²) >= 11 is 8.28. The van der Waals surface area contributed by atoms with Crippen molar-refractivity contribution in [1.29, 1.82) is 0 Å². The Morgan fingerprint density at radius 2 is 1.26 bits per heavy atom. The van der Waals surface area contributed by atoms with Crippen molar-refractivity contribution in [2.24, 2.45) is 0 Å². The van der Waals surface area contributed by atoms with Crippen molar-refractivity contribution in [3.8, 4) is 0 Å². The van der Waals surface area contributed by atoms with Gasteiger partial charge in [-0.3, -0.25) is 0 Å². The highest BCUT2D eigenvalue weighted by Gasteiger charge is 2.10. The summed E-state index contributed by atoms with van der Waals surface area (Å²) in [6.07, 6.45) is 19.7. The summed E-state index contributed by atoms with van der Waals surface area (Å²) in [5, 5.41) is 5.08. The number of furan rings is 1. The van der Waals surface area contributed by atoms with Crippen LogP contribution in [0, 0.1) is 0 Å². The van der Waals surface area contributed by atoms with Gasteiger partial charge in [0.2, 0.25) is 0 Å². The van der Waals surface area contributed by atoms with E-state index >= 15 is 0 Å².